The van der Waals surface area contributed by atoms with Gasteiger partial charge in [0.1, 0.15) is 17.6 Å². The SMILES string of the molecule is Cn1cnnc1SCCCOc1ccccc1C(=O)O. The van der Waals surface area contributed by atoms with Crippen molar-refractivity contribution in [1.29, 1.82) is 0 Å². The lowest BCUT2D eigenvalue weighted by atomic mass is 10.2. The second kappa shape index (κ2) is 6.95. The molecule has 0 saturated heterocycles. The minimum Gasteiger partial charge on any atom is -0.493 e. The molecule has 0 saturated carbocycles. The molecule has 0 unspecified atom stereocenters. The van der Waals surface area contributed by atoms with Gasteiger partial charge in [-0.3, -0.25) is 0 Å². The molecule has 6 nitrogen and oxygen atoms in total. The van der Waals surface area contributed by atoms with Crippen LogP contribution in [0.15, 0.2) is 35.7 Å². The molecule has 7 heteroatoms. The van der Waals surface area contributed by atoms with Crippen LogP contribution in [0.3, 0.4) is 0 Å². The average molecular weight is 293 g/mol. The van der Waals surface area contributed by atoms with Gasteiger partial charge in [0, 0.05) is 12.8 Å². The zero-order valence-corrected chi connectivity index (χ0v) is 11.8. The largest absolute Gasteiger partial charge is 0.493 e. The number of nitrogens with zero attached hydrogens (tertiary/aromatic N) is 3. The number of carboxylic acids is 1. The van der Waals surface area contributed by atoms with Crippen molar-refractivity contribution >= 4 is 17.7 Å². The van der Waals surface area contributed by atoms with Crippen LogP contribution in [0.4, 0.5) is 0 Å². The van der Waals surface area contributed by atoms with Gasteiger partial charge < -0.3 is 14.4 Å². The molecule has 0 radical (unpaired) electrons. The molecule has 0 amide bonds. The molecule has 0 fully saturated rings. The van der Waals surface area contributed by atoms with Gasteiger partial charge in [0.2, 0.25) is 0 Å². The Morgan fingerprint density at radius 2 is 2.25 bits per heavy atom. The van der Waals surface area contributed by atoms with Crippen LogP contribution in [0.25, 0.3) is 0 Å². The van der Waals surface area contributed by atoms with Crippen LogP contribution in [0.2, 0.25) is 0 Å². The summed E-state index contributed by atoms with van der Waals surface area (Å²) < 4.78 is 7.36. The minimum atomic E-state index is -0.978. The zero-order valence-electron chi connectivity index (χ0n) is 11.0. The Hall–Kier alpha value is -2.02. The maximum Gasteiger partial charge on any atom is 0.339 e. The van der Waals surface area contributed by atoms with Crippen LogP contribution >= 0.6 is 11.8 Å². The summed E-state index contributed by atoms with van der Waals surface area (Å²) in [5.41, 5.74) is 0.188. The van der Waals surface area contributed by atoms with E-state index in [-0.39, 0.29) is 5.56 Å². The van der Waals surface area contributed by atoms with Crippen molar-refractivity contribution in [3.05, 3.63) is 36.2 Å². The highest BCUT2D eigenvalue weighted by molar-refractivity contribution is 7.99. The first-order chi connectivity index (χ1) is 9.68. The molecule has 20 heavy (non-hydrogen) atoms. The molecule has 0 aliphatic heterocycles. The predicted octanol–water partition coefficient (Wildman–Crippen LogP) is 2.07. The molecule has 0 bridgehead atoms. The van der Waals surface area contributed by atoms with Gasteiger partial charge in [0.15, 0.2) is 5.16 Å². The van der Waals surface area contributed by atoms with Crippen LogP contribution in [0, 0.1) is 0 Å². The molecule has 2 aromatic rings. The van der Waals surface area contributed by atoms with Crippen LogP contribution in [0.1, 0.15) is 16.8 Å². The first kappa shape index (κ1) is 14.4. The van der Waals surface area contributed by atoms with E-state index in [2.05, 4.69) is 10.2 Å². The number of aromatic carboxylic acids is 1. The first-order valence-electron chi connectivity index (χ1n) is 6.10. The number of hydrogen-bond donors (Lipinski definition) is 1. The lowest BCUT2D eigenvalue weighted by molar-refractivity contribution is 0.0692. The number of ether oxygens (including phenoxy) is 1. The van der Waals surface area contributed by atoms with E-state index in [1.54, 1.807) is 36.3 Å². The Morgan fingerprint density at radius 3 is 2.95 bits per heavy atom. The number of aryl methyl sites for hydroxylation is 1. The molecule has 1 heterocycles. The Labute approximate surface area is 120 Å². The third kappa shape index (κ3) is 3.74. The smallest absolute Gasteiger partial charge is 0.339 e. The summed E-state index contributed by atoms with van der Waals surface area (Å²) in [5, 5.41) is 17.6. The Balaban J connectivity index is 1.76. The summed E-state index contributed by atoms with van der Waals surface area (Å²) in [6, 6.07) is 6.64. The summed E-state index contributed by atoms with van der Waals surface area (Å²) in [6.07, 6.45) is 2.45. The summed E-state index contributed by atoms with van der Waals surface area (Å²) in [6.45, 7) is 0.467. The normalized spacial score (nSPS) is 10.4. The number of thioether (sulfide) groups is 1. The van der Waals surface area contributed by atoms with Gasteiger partial charge in [0.25, 0.3) is 0 Å². The first-order valence-corrected chi connectivity index (χ1v) is 7.09. The summed E-state index contributed by atoms with van der Waals surface area (Å²) >= 11 is 1.59. The Bertz CT molecular complexity index is 586. The van der Waals surface area contributed by atoms with E-state index < -0.39 is 5.97 Å². The lowest BCUT2D eigenvalue weighted by Gasteiger charge is -2.08. The van der Waals surface area contributed by atoms with Crippen molar-refractivity contribution in [2.75, 3.05) is 12.4 Å². The highest BCUT2D eigenvalue weighted by Gasteiger charge is 2.09. The van der Waals surface area contributed by atoms with Gasteiger partial charge in [-0.2, -0.15) is 0 Å². The molecule has 2 rings (SSSR count). The van der Waals surface area contributed by atoms with E-state index in [9.17, 15) is 4.79 Å². The fraction of sp³-hybridized carbons (Fsp3) is 0.308. The van der Waals surface area contributed by atoms with Crippen LogP contribution in [-0.4, -0.2) is 38.2 Å². The molecule has 1 N–H and O–H groups in total. The van der Waals surface area contributed by atoms with E-state index in [1.807, 2.05) is 11.6 Å². The third-order valence-corrected chi connectivity index (χ3v) is 3.69. The molecular formula is C13H15N3O3S. The average Bonchev–Trinajstić information content (AvgIpc) is 2.84. The maximum atomic E-state index is 11.0. The standard InChI is InChI=1S/C13H15N3O3S/c1-16-9-14-15-13(16)20-8-4-7-19-11-6-3-2-5-10(11)12(17)18/h2-3,5-6,9H,4,7-8H2,1H3,(H,17,18). The number of benzene rings is 1. The second-order valence-electron chi connectivity index (χ2n) is 4.08. The zero-order chi connectivity index (χ0) is 14.4. The summed E-state index contributed by atoms with van der Waals surface area (Å²) in [7, 11) is 1.89. The fourth-order valence-corrected chi connectivity index (χ4v) is 2.38. The predicted molar refractivity (Wildman–Crippen MR) is 75.2 cm³/mol. The number of carboxylic acid groups (broad SMARTS) is 1. The van der Waals surface area contributed by atoms with Gasteiger partial charge in [-0.15, -0.1) is 10.2 Å². The molecule has 0 spiro atoms. The van der Waals surface area contributed by atoms with Crippen molar-refractivity contribution in [3.8, 4) is 5.75 Å². The minimum absolute atomic E-state index is 0.188. The third-order valence-electron chi connectivity index (χ3n) is 2.56. The molecule has 0 atom stereocenters. The van der Waals surface area contributed by atoms with Crippen LogP contribution in [0.5, 0.6) is 5.75 Å². The van der Waals surface area contributed by atoms with Crippen molar-refractivity contribution in [3.63, 3.8) is 0 Å². The maximum absolute atomic E-state index is 11.0. The fourth-order valence-electron chi connectivity index (χ4n) is 1.58. The number of carbonyl (C=O) groups is 1. The van der Waals surface area contributed by atoms with Gasteiger partial charge in [0.05, 0.1) is 6.61 Å². The van der Waals surface area contributed by atoms with Gasteiger partial charge >= 0.3 is 5.97 Å². The quantitative estimate of drug-likeness (QED) is 0.622. The number of para-hydroxylation sites is 1. The van der Waals surface area contributed by atoms with E-state index in [1.165, 1.54) is 6.07 Å². The highest BCUT2D eigenvalue weighted by Crippen LogP contribution is 2.19. The summed E-state index contributed by atoms with van der Waals surface area (Å²) in [5.74, 6) is 0.264. The Morgan fingerprint density at radius 1 is 1.45 bits per heavy atom. The van der Waals surface area contributed by atoms with Gasteiger partial charge in [-0.05, 0) is 18.6 Å². The van der Waals surface area contributed by atoms with Crippen LogP contribution in [-0.2, 0) is 7.05 Å². The van der Waals surface area contributed by atoms with Gasteiger partial charge in [-0.1, -0.05) is 23.9 Å². The molecule has 0 aliphatic rings. The number of hydrogen-bond acceptors (Lipinski definition) is 5. The van der Waals surface area contributed by atoms with Crippen molar-refractivity contribution in [2.45, 2.75) is 11.6 Å². The van der Waals surface area contributed by atoms with E-state index >= 15 is 0 Å². The second-order valence-corrected chi connectivity index (χ2v) is 5.14. The lowest BCUT2D eigenvalue weighted by Crippen LogP contribution is -2.05. The van der Waals surface area contributed by atoms with Crippen LogP contribution < -0.4 is 4.74 Å². The Kier molecular flexibility index (Phi) is 5.00. The van der Waals surface area contributed by atoms with Crippen molar-refractivity contribution < 1.29 is 14.6 Å². The van der Waals surface area contributed by atoms with E-state index in [0.717, 1.165) is 17.3 Å². The molecule has 0 aliphatic carbocycles. The topological polar surface area (TPSA) is 77.2 Å². The number of rotatable bonds is 7. The molecule has 1 aromatic heterocycles. The summed E-state index contributed by atoms with van der Waals surface area (Å²) in [4.78, 5) is 11.0. The van der Waals surface area contributed by atoms with E-state index in [0.29, 0.717) is 12.4 Å². The molecule has 106 valence electrons. The van der Waals surface area contributed by atoms with E-state index in [4.69, 9.17) is 9.84 Å². The molecule has 1 aromatic carbocycles. The van der Waals surface area contributed by atoms with Crippen molar-refractivity contribution in [1.82, 2.24) is 14.8 Å². The molecular weight excluding hydrogens is 278 g/mol. The van der Waals surface area contributed by atoms with Gasteiger partial charge in [-0.25, -0.2) is 4.79 Å². The highest BCUT2D eigenvalue weighted by atomic mass is 32.2. The monoisotopic (exact) mass is 293 g/mol. The number of aromatic nitrogens is 3. The van der Waals surface area contributed by atoms with Crippen molar-refractivity contribution in [2.24, 2.45) is 7.05 Å².